The van der Waals surface area contributed by atoms with E-state index in [2.05, 4.69) is 16.6 Å². The maximum atomic E-state index is 6.37. The number of benzene rings is 2. The van der Waals surface area contributed by atoms with Gasteiger partial charge in [-0.15, -0.1) is 0 Å². The van der Waals surface area contributed by atoms with Crippen molar-refractivity contribution in [3.8, 4) is 28.5 Å². The highest BCUT2D eigenvalue weighted by Crippen LogP contribution is 2.41. The van der Waals surface area contributed by atoms with Crippen LogP contribution >= 0.6 is 0 Å². The second kappa shape index (κ2) is 8.54. The van der Waals surface area contributed by atoms with Crippen molar-refractivity contribution in [2.45, 2.75) is 38.6 Å². The summed E-state index contributed by atoms with van der Waals surface area (Å²) >= 11 is 0. The fraction of sp³-hybridized carbons (Fsp3) is 0.308. The van der Waals surface area contributed by atoms with Gasteiger partial charge in [0.2, 0.25) is 0 Å². The molecule has 6 heteroatoms. The summed E-state index contributed by atoms with van der Waals surface area (Å²) in [6.45, 7) is 2.32. The van der Waals surface area contributed by atoms with Crippen LogP contribution in [0.3, 0.4) is 0 Å². The van der Waals surface area contributed by atoms with Crippen LogP contribution in [0, 0.1) is 5.92 Å². The summed E-state index contributed by atoms with van der Waals surface area (Å²) in [5.41, 5.74) is 9.10. The molecule has 2 aromatic heterocycles. The zero-order valence-electron chi connectivity index (χ0n) is 18.5. The number of rotatable bonds is 5. The Bertz CT molecular complexity index is 1210. The molecular weight excluding hydrogens is 400 g/mol. The molecule has 2 aromatic carbocycles. The highest BCUT2D eigenvalue weighted by molar-refractivity contribution is 6.03. The molecule has 6 nitrogen and oxygen atoms in total. The van der Waals surface area contributed by atoms with Crippen LogP contribution in [-0.2, 0) is 0 Å². The van der Waals surface area contributed by atoms with Gasteiger partial charge in [0.25, 0.3) is 0 Å². The van der Waals surface area contributed by atoms with Gasteiger partial charge in [0, 0.05) is 5.56 Å². The number of hydrogen-bond donors (Lipinski definition) is 1. The third kappa shape index (κ3) is 3.77. The number of anilines is 1. The molecule has 0 atom stereocenters. The van der Waals surface area contributed by atoms with Gasteiger partial charge in [-0.2, -0.15) is 5.10 Å². The fourth-order valence-corrected chi connectivity index (χ4v) is 4.58. The Morgan fingerprint density at radius 3 is 2.31 bits per heavy atom. The van der Waals surface area contributed by atoms with Crippen molar-refractivity contribution >= 4 is 16.7 Å². The number of nitrogen functional groups attached to an aromatic ring is 1. The molecule has 0 unspecified atom stereocenters. The van der Waals surface area contributed by atoms with Crippen molar-refractivity contribution < 1.29 is 9.47 Å². The van der Waals surface area contributed by atoms with Crippen molar-refractivity contribution in [2.75, 3.05) is 12.8 Å². The van der Waals surface area contributed by atoms with E-state index in [1.54, 1.807) is 13.3 Å². The van der Waals surface area contributed by atoms with Gasteiger partial charge in [-0.05, 0) is 68.0 Å². The smallest absolute Gasteiger partial charge is 0.163 e. The Kier molecular flexibility index (Phi) is 5.43. The normalized spacial score (nSPS) is 18.6. The van der Waals surface area contributed by atoms with E-state index in [9.17, 15) is 0 Å². The van der Waals surface area contributed by atoms with Crippen molar-refractivity contribution in [1.29, 1.82) is 0 Å². The minimum Gasteiger partial charge on any atom is -0.493 e. The molecule has 4 aromatic rings. The highest BCUT2D eigenvalue weighted by Gasteiger charge is 2.27. The largest absolute Gasteiger partial charge is 0.493 e. The van der Waals surface area contributed by atoms with Crippen LogP contribution in [0.4, 0.5) is 5.82 Å². The molecule has 5 rings (SSSR count). The quantitative estimate of drug-likeness (QED) is 0.408. The van der Waals surface area contributed by atoms with E-state index >= 15 is 0 Å². The number of nitrogens with zero attached hydrogens (tertiary/aromatic N) is 3. The molecule has 0 saturated heterocycles. The summed E-state index contributed by atoms with van der Waals surface area (Å²) in [5.74, 6) is 3.51. The lowest BCUT2D eigenvalue weighted by Crippen LogP contribution is -2.18. The summed E-state index contributed by atoms with van der Waals surface area (Å²) in [6.07, 6.45) is 6.31. The molecule has 32 heavy (non-hydrogen) atoms. The number of aromatic nitrogens is 3. The zero-order valence-corrected chi connectivity index (χ0v) is 18.5. The first kappa shape index (κ1) is 20.4. The van der Waals surface area contributed by atoms with Gasteiger partial charge >= 0.3 is 0 Å². The van der Waals surface area contributed by atoms with Gasteiger partial charge in [0.15, 0.2) is 5.75 Å². The number of pyridine rings is 1. The number of methoxy groups -OCH3 is 1. The van der Waals surface area contributed by atoms with Crippen molar-refractivity contribution in [3.63, 3.8) is 0 Å². The molecule has 1 aliphatic rings. The van der Waals surface area contributed by atoms with Gasteiger partial charge < -0.3 is 15.2 Å². The van der Waals surface area contributed by atoms with Crippen molar-refractivity contribution in [2.24, 2.45) is 5.92 Å². The van der Waals surface area contributed by atoms with Crippen LogP contribution < -0.4 is 15.2 Å². The lowest BCUT2D eigenvalue weighted by atomic mass is 9.87. The third-order valence-corrected chi connectivity index (χ3v) is 6.38. The summed E-state index contributed by atoms with van der Waals surface area (Å²) in [7, 11) is 1.67. The van der Waals surface area contributed by atoms with Crippen LogP contribution in [0.5, 0.6) is 17.2 Å². The number of hydrogen-bond acceptors (Lipinski definition) is 5. The van der Waals surface area contributed by atoms with E-state index in [0.29, 0.717) is 17.6 Å². The van der Waals surface area contributed by atoms with E-state index in [-0.39, 0.29) is 0 Å². The molecule has 1 fully saturated rings. The number of fused-ring (bicyclic) bond motifs is 1. The standard InChI is InChI=1S/C26H28N4O2/c1-17-8-12-19(13-9-17)30-25-22(31-2)16-28-26(27)23(25)24(29-30)18-10-14-21(15-11-18)32-20-6-4-3-5-7-20/h3-7,10-11,14-17,19H,8-9,12-13H2,1-2H3,(H2,27,28). The Balaban J connectivity index is 1.56. The summed E-state index contributed by atoms with van der Waals surface area (Å²) in [4.78, 5) is 4.38. The molecule has 0 spiro atoms. The first-order valence-corrected chi connectivity index (χ1v) is 11.2. The third-order valence-electron chi connectivity index (χ3n) is 6.38. The first-order chi connectivity index (χ1) is 15.6. The van der Waals surface area contributed by atoms with E-state index in [1.165, 1.54) is 12.8 Å². The maximum absolute atomic E-state index is 6.37. The second-order valence-electron chi connectivity index (χ2n) is 8.58. The molecular formula is C26H28N4O2. The van der Waals surface area contributed by atoms with E-state index in [0.717, 1.165) is 52.4 Å². The van der Waals surface area contributed by atoms with Crippen LogP contribution in [0.25, 0.3) is 22.2 Å². The van der Waals surface area contributed by atoms with E-state index in [1.807, 2.05) is 54.6 Å². The van der Waals surface area contributed by atoms with Crippen LogP contribution in [0.15, 0.2) is 60.8 Å². The fourth-order valence-electron chi connectivity index (χ4n) is 4.58. The summed E-state index contributed by atoms with van der Waals surface area (Å²) in [5, 5.41) is 5.91. The van der Waals surface area contributed by atoms with Gasteiger partial charge in [-0.3, -0.25) is 4.68 Å². The van der Waals surface area contributed by atoms with Crippen LogP contribution in [0.2, 0.25) is 0 Å². The predicted molar refractivity (Wildman–Crippen MR) is 127 cm³/mol. The monoisotopic (exact) mass is 428 g/mol. The molecule has 0 radical (unpaired) electrons. The number of nitrogens with two attached hydrogens (primary N) is 1. The lowest BCUT2D eigenvalue weighted by molar-refractivity contribution is 0.278. The van der Waals surface area contributed by atoms with E-state index in [4.69, 9.17) is 20.3 Å². The Labute approximate surface area is 188 Å². The predicted octanol–water partition coefficient (Wildman–Crippen LogP) is 6.23. The maximum Gasteiger partial charge on any atom is 0.163 e. The SMILES string of the molecule is COc1cnc(N)c2c(-c3ccc(Oc4ccccc4)cc3)nn(C3CCC(C)CC3)c12. The minimum atomic E-state index is 0.332. The molecule has 2 heterocycles. The molecule has 2 N–H and O–H groups in total. The number of ether oxygens (including phenoxy) is 2. The first-order valence-electron chi connectivity index (χ1n) is 11.2. The van der Waals surface area contributed by atoms with Gasteiger partial charge in [-0.25, -0.2) is 4.98 Å². The lowest BCUT2D eigenvalue weighted by Gasteiger charge is -2.27. The highest BCUT2D eigenvalue weighted by atomic mass is 16.5. The molecule has 1 aliphatic carbocycles. The average molecular weight is 429 g/mol. The Hall–Kier alpha value is -3.54. The number of para-hydroxylation sites is 1. The molecule has 164 valence electrons. The second-order valence-corrected chi connectivity index (χ2v) is 8.58. The Morgan fingerprint density at radius 1 is 0.938 bits per heavy atom. The summed E-state index contributed by atoms with van der Waals surface area (Å²) in [6, 6.07) is 18.0. The Morgan fingerprint density at radius 2 is 1.62 bits per heavy atom. The van der Waals surface area contributed by atoms with Gasteiger partial charge in [0.05, 0.1) is 24.7 Å². The van der Waals surface area contributed by atoms with Crippen LogP contribution in [0.1, 0.15) is 38.6 Å². The van der Waals surface area contributed by atoms with Gasteiger partial charge in [0.1, 0.15) is 28.5 Å². The van der Waals surface area contributed by atoms with E-state index < -0.39 is 0 Å². The van der Waals surface area contributed by atoms with Gasteiger partial charge in [-0.1, -0.05) is 25.1 Å². The minimum absolute atomic E-state index is 0.332. The van der Waals surface area contributed by atoms with Crippen molar-refractivity contribution in [1.82, 2.24) is 14.8 Å². The average Bonchev–Trinajstić information content (AvgIpc) is 3.23. The topological polar surface area (TPSA) is 75.2 Å². The van der Waals surface area contributed by atoms with Crippen LogP contribution in [-0.4, -0.2) is 21.9 Å². The summed E-state index contributed by atoms with van der Waals surface area (Å²) < 4.78 is 13.7. The molecule has 0 aliphatic heterocycles. The molecule has 0 amide bonds. The molecule has 1 saturated carbocycles. The zero-order chi connectivity index (χ0) is 22.1. The molecule has 0 bridgehead atoms. The van der Waals surface area contributed by atoms with Crippen molar-refractivity contribution in [3.05, 3.63) is 60.8 Å².